The lowest BCUT2D eigenvalue weighted by molar-refractivity contribution is -0.141. The Morgan fingerprint density at radius 3 is 2.54 bits per heavy atom. The number of carbonyl (C=O) groups excluding carboxylic acids is 1. The molecule has 0 atom stereocenters. The van der Waals surface area contributed by atoms with E-state index in [-0.39, 0.29) is 25.5 Å². The number of fused-ring (bicyclic) bond motifs is 1. The first kappa shape index (κ1) is 19.8. The van der Waals surface area contributed by atoms with Crippen molar-refractivity contribution in [1.29, 1.82) is 0 Å². The summed E-state index contributed by atoms with van der Waals surface area (Å²) >= 11 is 0. The van der Waals surface area contributed by atoms with Crippen LogP contribution in [0.25, 0.3) is 6.08 Å². The number of hydrogen-bond donors (Lipinski definition) is 0. The summed E-state index contributed by atoms with van der Waals surface area (Å²) in [7, 11) is 1.54. The molecule has 1 aliphatic heterocycles. The summed E-state index contributed by atoms with van der Waals surface area (Å²) in [5, 5.41) is 0. The van der Waals surface area contributed by atoms with Crippen LogP contribution in [0.15, 0.2) is 30.5 Å². The molecule has 0 saturated heterocycles. The number of carbonyl (C=O) groups is 1. The van der Waals surface area contributed by atoms with Crippen LogP contribution in [0.5, 0.6) is 5.75 Å². The topological polar surface area (TPSA) is 56.6 Å². The number of halogens is 3. The number of nitrogens with zero attached hydrogens (tertiary/aromatic N) is 3. The van der Waals surface area contributed by atoms with Crippen molar-refractivity contribution in [3.63, 3.8) is 0 Å². The number of amides is 1. The minimum Gasteiger partial charge on any atom is -0.501 e. The molecule has 28 heavy (non-hydrogen) atoms. The van der Waals surface area contributed by atoms with Crippen molar-refractivity contribution in [2.24, 2.45) is 0 Å². The molecule has 0 fully saturated rings. The Labute approximate surface area is 160 Å². The second-order valence-corrected chi connectivity index (χ2v) is 6.15. The monoisotopic (exact) mass is 395 g/mol. The number of alkyl halides is 3. The van der Waals surface area contributed by atoms with Gasteiger partial charge in [-0.15, -0.1) is 0 Å². The Morgan fingerprint density at radius 2 is 1.93 bits per heavy atom. The van der Waals surface area contributed by atoms with E-state index >= 15 is 0 Å². The van der Waals surface area contributed by atoms with Gasteiger partial charge in [-0.2, -0.15) is 13.2 Å². The minimum atomic E-state index is -4.73. The van der Waals surface area contributed by atoms with Crippen LogP contribution in [-0.4, -0.2) is 40.6 Å². The molecule has 0 spiro atoms. The van der Waals surface area contributed by atoms with Crippen molar-refractivity contribution in [3.05, 3.63) is 53.3 Å². The van der Waals surface area contributed by atoms with Crippen molar-refractivity contribution < 1.29 is 27.4 Å². The second-order valence-electron chi connectivity index (χ2n) is 6.15. The van der Waals surface area contributed by atoms with E-state index in [0.29, 0.717) is 12.4 Å². The molecule has 3 rings (SSSR count). The Balaban J connectivity index is 1.91. The van der Waals surface area contributed by atoms with Crippen LogP contribution < -0.4 is 4.74 Å². The van der Waals surface area contributed by atoms with E-state index in [9.17, 15) is 18.0 Å². The van der Waals surface area contributed by atoms with Crippen LogP contribution in [0.1, 0.15) is 34.5 Å². The molecular formula is C19H20F3N3O3. The Bertz CT molecular complexity index is 873. The molecule has 1 amide bonds. The van der Waals surface area contributed by atoms with Gasteiger partial charge in [0.1, 0.15) is 17.3 Å². The molecule has 0 aliphatic carbocycles. The maximum Gasteiger partial charge on any atom is 0.435 e. The number of hydrogen-bond acceptors (Lipinski definition) is 4. The van der Waals surface area contributed by atoms with E-state index in [1.807, 2.05) is 0 Å². The van der Waals surface area contributed by atoms with Crippen LogP contribution >= 0.6 is 0 Å². The van der Waals surface area contributed by atoms with Gasteiger partial charge in [-0.1, -0.05) is 12.1 Å². The van der Waals surface area contributed by atoms with E-state index in [0.717, 1.165) is 5.56 Å². The van der Waals surface area contributed by atoms with Gasteiger partial charge in [0.15, 0.2) is 5.69 Å². The van der Waals surface area contributed by atoms with Gasteiger partial charge in [0.05, 0.1) is 20.0 Å². The molecule has 1 aromatic heterocycles. The van der Waals surface area contributed by atoms with Crippen LogP contribution in [0, 0.1) is 0 Å². The maximum atomic E-state index is 13.5. The highest BCUT2D eigenvalue weighted by Crippen LogP contribution is 2.34. The van der Waals surface area contributed by atoms with Gasteiger partial charge in [0.25, 0.3) is 5.91 Å². The zero-order valence-electron chi connectivity index (χ0n) is 15.5. The lowest BCUT2D eigenvalue weighted by atomic mass is 10.1. The first-order valence-electron chi connectivity index (χ1n) is 8.73. The fourth-order valence-electron chi connectivity index (χ4n) is 3.02. The van der Waals surface area contributed by atoms with E-state index in [4.69, 9.17) is 9.47 Å². The number of benzene rings is 1. The van der Waals surface area contributed by atoms with Crippen molar-refractivity contribution in [1.82, 2.24) is 14.5 Å². The van der Waals surface area contributed by atoms with Gasteiger partial charge < -0.3 is 18.9 Å². The summed E-state index contributed by atoms with van der Waals surface area (Å²) < 4.78 is 51.9. The second kappa shape index (κ2) is 7.95. The lowest BCUT2D eigenvalue weighted by Crippen LogP contribution is -2.40. The van der Waals surface area contributed by atoms with Gasteiger partial charge in [0, 0.05) is 25.7 Å². The van der Waals surface area contributed by atoms with Crippen molar-refractivity contribution in [3.8, 4) is 5.75 Å². The van der Waals surface area contributed by atoms with Gasteiger partial charge in [-0.05, 0) is 24.6 Å². The van der Waals surface area contributed by atoms with Crippen LogP contribution in [0.2, 0.25) is 0 Å². The molecule has 0 bridgehead atoms. The third kappa shape index (κ3) is 3.97. The number of aromatic nitrogens is 2. The maximum absolute atomic E-state index is 13.5. The summed E-state index contributed by atoms with van der Waals surface area (Å²) in [6.07, 6.45) is -2.10. The van der Waals surface area contributed by atoms with Crippen molar-refractivity contribution in [2.75, 3.05) is 20.3 Å². The SMILES string of the molecule is CCOC=Cc1nc(C(F)(F)F)c2n1CCN(Cc1ccc(OC)cc1)C2=O. The fourth-order valence-corrected chi connectivity index (χ4v) is 3.02. The summed E-state index contributed by atoms with van der Waals surface area (Å²) in [5.74, 6) is 0.0167. The van der Waals surface area contributed by atoms with E-state index < -0.39 is 23.5 Å². The predicted octanol–water partition coefficient (Wildman–Crippen LogP) is 3.57. The number of methoxy groups -OCH3 is 1. The molecular weight excluding hydrogens is 375 g/mol. The lowest BCUT2D eigenvalue weighted by Gasteiger charge is -2.29. The van der Waals surface area contributed by atoms with Gasteiger partial charge in [-0.3, -0.25) is 4.79 Å². The van der Waals surface area contributed by atoms with Gasteiger partial charge in [0.2, 0.25) is 0 Å². The van der Waals surface area contributed by atoms with Gasteiger partial charge >= 0.3 is 6.18 Å². The van der Waals surface area contributed by atoms with Crippen LogP contribution in [0.3, 0.4) is 0 Å². The normalized spacial score (nSPS) is 14.5. The molecule has 1 aliphatic rings. The molecule has 1 aromatic carbocycles. The Morgan fingerprint density at radius 1 is 1.21 bits per heavy atom. The average molecular weight is 395 g/mol. The minimum absolute atomic E-state index is 0.0493. The molecule has 2 aromatic rings. The third-order valence-electron chi connectivity index (χ3n) is 4.36. The average Bonchev–Trinajstić information content (AvgIpc) is 3.05. The van der Waals surface area contributed by atoms with Crippen LogP contribution in [-0.2, 0) is 24.0 Å². The van der Waals surface area contributed by atoms with Gasteiger partial charge in [-0.25, -0.2) is 4.98 Å². The van der Waals surface area contributed by atoms with E-state index in [2.05, 4.69) is 4.98 Å². The molecule has 150 valence electrons. The third-order valence-corrected chi connectivity index (χ3v) is 4.36. The Kier molecular flexibility index (Phi) is 5.62. The smallest absolute Gasteiger partial charge is 0.435 e. The van der Waals surface area contributed by atoms with E-state index in [1.165, 1.54) is 21.8 Å². The highest BCUT2D eigenvalue weighted by atomic mass is 19.4. The first-order chi connectivity index (χ1) is 13.3. The standard InChI is InChI=1S/C19H20F3N3O3/c1-3-28-11-8-15-23-17(19(20,21)22)16-18(26)24(9-10-25(15)16)12-13-4-6-14(27-2)7-5-13/h4-8,11H,3,9-10,12H2,1-2H3. The molecule has 0 unspecified atom stereocenters. The highest BCUT2D eigenvalue weighted by molar-refractivity contribution is 5.95. The van der Waals surface area contributed by atoms with E-state index in [1.54, 1.807) is 38.3 Å². The molecule has 2 heterocycles. The molecule has 9 heteroatoms. The van der Waals surface area contributed by atoms with Crippen LogP contribution in [0.4, 0.5) is 13.2 Å². The molecule has 6 nitrogen and oxygen atoms in total. The fraction of sp³-hybridized carbons (Fsp3) is 0.368. The number of ether oxygens (including phenoxy) is 2. The number of rotatable bonds is 6. The largest absolute Gasteiger partial charge is 0.501 e. The number of imidazole rings is 1. The summed E-state index contributed by atoms with van der Waals surface area (Å²) in [6, 6.07) is 7.04. The molecule has 0 N–H and O–H groups in total. The van der Waals surface area contributed by atoms with Crippen molar-refractivity contribution in [2.45, 2.75) is 26.2 Å². The zero-order chi connectivity index (χ0) is 20.3. The zero-order valence-corrected chi connectivity index (χ0v) is 15.5. The highest BCUT2D eigenvalue weighted by Gasteiger charge is 2.43. The molecule has 0 saturated carbocycles. The Hall–Kier alpha value is -2.97. The predicted molar refractivity (Wildman–Crippen MR) is 95.6 cm³/mol. The summed E-state index contributed by atoms with van der Waals surface area (Å²) in [6.45, 7) is 2.83. The summed E-state index contributed by atoms with van der Waals surface area (Å²) in [5.41, 5.74) is -0.816. The quantitative estimate of drug-likeness (QED) is 0.702. The van der Waals surface area contributed by atoms with Crippen molar-refractivity contribution >= 4 is 12.0 Å². The molecule has 0 radical (unpaired) electrons. The first-order valence-corrected chi connectivity index (χ1v) is 8.73. The summed E-state index contributed by atoms with van der Waals surface area (Å²) in [4.78, 5) is 17.9.